The fourth-order valence-corrected chi connectivity index (χ4v) is 2.64. The van der Waals surface area contributed by atoms with E-state index in [0.717, 1.165) is 22.9 Å². The number of halogens is 1. The van der Waals surface area contributed by atoms with E-state index < -0.39 is 0 Å². The van der Waals surface area contributed by atoms with Crippen molar-refractivity contribution >= 4 is 33.8 Å². The van der Waals surface area contributed by atoms with Crippen molar-refractivity contribution in [2.24, 2.45) is 0 Å². The number of benzene rings is 1. The summed E-state index contributed by atoms with van der Waals surface area (Å²) in [6.07, 6.45) is 3.64. The number of thiazole rings is 1. The Balaban J connectivity index is 1.97. The fraction of sp³-hybridized carbons (Fsp3) is 0.357. The summed E-state index contributed by atoms with van der Waals surface area (Å²) in [7, 11) is 0. The molecule has 0 unspecified atom stereocenters. The largest absolute Gasteiger partial charge is 0.332 e. The lowest BCUT2D eigenvalue weighted by molar-refractivity contribution is 0.795. The second kappa shape index (κ2) is 6.76. The van der Waals surface area contributed by atoms with Gasteiger partial charge in [0.25, 0.3) is 0 Å². The van der Waals surface area contributed by atoms with E-state index in [0.29, 0.717) is 5.88 Å². The number of unbranched alkanes of at least 4 members (excludes halogenated alkanes) is 1. The van der Waals surface area contributed by atoms with E-state index in [1.165, 1.54) is 18.4 Å². The Morgan fingerprint density at radius 2 is 2.06 bits per heavy atom. The van der Waals surface area contributed by atoms with Gasteiger partial charge in [0.2, 0.25) is 0 Å². The Labute approximate surface area is 117 Å². The first-order valence-electron chi connectivity index (χ1n) is 6.18. The van der Waals surface area contributed by atoms with Crippen molar-refractivity contribution in [3.8, 4) is 0 Å². The first kappa shape index (κ1) is 13.4. The zero-order chi connectivity index (χ0) is 12.8. The van der Waals surface area contributed by atoms with E-state index in [9.17, 15) is 0 Å². The molecule has 18 heavy (non-hydrogen) atoms. The van der Waals surface area contributed by atoms with Crippen molar-refractivity contribution in [1.29, 1.82) is 0 Å². The van der Waals surface area contributed by atoms with Crippen molar-refractivity contribution in [3.05, 3.63) is 40.9 Å². The molecule has 0 aliphatic rings. The normalized spacial score (nSPS) is 10.6. The van der Waals surface area contributed by atoms with Gasteiger partial charge in [-0.1, -0.05) is 25.5 Å². The molecule has 0 saturated heterocycles. The van der Waals surface area contributed by atoms with Gasteiger partial charge in [0.05, 0.1) is 11.6 Å². The zero-order valence-corrected chi connectivity index (χ0v) is 12.0. The van der Waals surface area contributed by atoms with Crippen LogP contribution in [0.5, 0.6) is 0 Å². The highest BCUT2D eigenvalue weighted by atomic mass is 35.5. The SMILES string of the molecule is CCCCc1ccc(Nc2nc(CCl)cs2)cc1. The van der Waals surface area contributed by atoms with Crippen molar-refractivity contribution in [1.82, 2.24) is 4.98 Å². The number of aryl methyl sites for hydroxylation is 1. The molecule has 2 rings (SSSR count). The Morgan fingerprint density at radius 3 is 2.67 bits per heavy atom. The van der Waals surface area contributed by atoms with Gasteiger partial charge >= 0.3 is 0 Å². The minimum absolute atomic E-state index is 0.466. The Morgan fingerprint density at radius 1 is 1.28 bits per heavy atom. The molecule has 1 aromatic heterocycles. The van der Waals surface area contributed by atoms with Crippen LogP contribution in [0.2, 0.25) is 0 Å². The van der Waals surface area contributed by atoms with Gasteiger partial charge in [0.1, 0.15) is 0 Å². The number of hydrogen-bond donors (Lipinski definition) is 1. The number of nitrogens with zero attached hydrogens (tertiary/aromatic N) is 1. The summed E-state index contributed by atoms with van der Waals surface area (Å²) in [5, 5.41) is 6.16. The maximum atomic E-state index is 5.73. The van der Waals surface area contributed by atoms with Gasteiger partial charge in [-0.2, -0.15) is 0 Å². The Bertz CT molecular complexity index is 479. The third kappa shape index (κ3) is 3.72. The molecule has 2 aromatic rings. The summed E-state index contributed by atoms with van der Waals surface area (Å²) >= 11 is 7.31. The number of anilines is 2. The second-order valence-electron chi connectivity index (χ2n) is 4.20. The van der Waals surface area contributed by atoms with Crippen LogP contribution >= 0.6 is 22.9 Å². The smallest absolute Gasteiger partial charge is 0.187 e. The van der Waals surface area contributed by atoms with E-state index in [-0.39, 0.29) is 0 Å². The van der Waals surface area contributed by atoms with Crippen LogP contribution in [-0.2, 0) is 12.3 Å². The van der Waals surface area contributed by atoms with Crippen LogP contribution in [-0.4, -0.2) is 4.98 Å². The molecular formula is C14H17ClN2S. The quantitative estimate of drug-likeness (QED) is 0.756. The van der Waals surface area contributed by atoms with Gasteiger partial charge in [-0.15, -0.1) is 22.9 Å². The molecule has 4 heteroatoms. The van der Waals surface area contributed by atoms with E-state index >= 15 is 0 Å². The number of nitrogens with one attached hydrogen (secondary N) is 1. The molecule has 1 heterocycles. The molecule has 0 saturated carbocycles. The first-order valence-corrected chi connectivity index (χ1v) is 7.59. The van der Waals surface area contributed by atoms with Crippen LogP contribution in [0.15, 0.2) is 29.6 Å². The maximum absolute atomic E-state index is 5.73. The van der Waals surface area contributed by atoms with Gasteiger partial charge in [0.15, 0.2) is 5.13 Å². The lowest BCUT2D eigenvalue weighted by Gasteiger charge is -2.04. The van der Waals surface area contributed by atoms with Crippen LogP contribution < -0.4 is 5.32 Å². The highest BCUT2D eigenvalue weighted by molar-refractivity contribution is 7.13. The van der Waals surface area contributed by atoms with Crippen molar-refractivity contribution in [2.75, 3.05) is 5.32 Å². The molecule has 0 bridgehead atoms. The Kier molecular flexibility index (Phi) is 5.02. The molecule has 1 aromatic carbocycles. The molecular weight excluding hydrogens is 264 g/mol. The van der Waals surface area contributed by atoms with Gasteiger partial charge in [0, 0.05) is 11.1 Å². The Hall–Kier alpha value is -1.06. The lowest BCUT2D eigenvalue weighted by atomic mass is 10.1. The van der Waals surface area contributed by atoms with E-state index in [4.69, 9.17) is 11.6 Å². The molecule has 0 radical (unpaired) electrons. The van der Waals surface area contributed by atoms with Gasteiger partial charge in [-0.25, -0.2) is 4.98 Å². The molecule has 0 spiro atoms. The molecule has 0 amide bonds. The predicted molar refractivity (Wildman–Crippen MR) is 80.0 cm³/mol. The molecule has 0 aliphatic heterocycles. The number of hydrogen-bond acceptors (Lipinski definition) is 3. The minimum Gasteiger partial charge on any atom is -0.332 e. The van der Waals surface area contributed by atoms with Crippen LogP contribution in [0.1, 0.15) is 31.0 Å². The summed E-state index contributed by atoms with van der Waals surface area (Å²) in [6.45, 7) is 2.22. The highest BCUT2D eigenvalue weighted by Crippen LogP contribution is 2.22. The van der Waals surface area contributed by atoms with Crippen LogP contribution in [0.4, 0.5) is 10.8 Å². The second-order valence-corrected chi connectivity index (χ2v) is 5.33. The summed E-state index contributed by atoms with van der Waals surface area (Å²) in [5.74, 6) is 0.466. The van der Waals surface area contributed by atoms with Crippen LogP contribution in [0, 0.1) is 0 Å². The average Bonchev–Trinajstić information content (AvgIpc) is 2.86. The molecule has 0 atom stereocenters. The monoisotopic (exact) mass is 280 g/mol. The van der Waals surface area contributed by atoms with E-state index in [2.05, 4.69) is 41.5 Å². The third-order valence-electron chi connectivity index (χ3n) is 2.71. The zero-order valence-electron chi connectivity index (χ0n) is 10.4. The number of rotatable bonds is 6. The predicted octanol–water partition coefficient (Wildman–Crippen LogP) is 4.97. The topological polar surface area (TPSA) is 24.9 Å². The molecule has 96 valence electrons. The average molecular weight is 281 g/mol. The molecule has 1 N–H and O–H groups in total. The summed E-state index contributed by atoms with van der Waals surface area (Å²) in [6, 6.07) is 8.56. The van der Waals surface area contributed by atoms with Crippen LogP contribution in [0.25, 0.3) is 0 Å². The summed E-state index contributed by atoms with van der Waals surface area (Å²) < 4.78 is 0. The maximum Gasteiger partial charge on any atom is 0.187 e. The van der Waals surface area contributed by atoms with Crippen molar-refractivity contribution in [2.45, 2.75) is 32.1 Å². The van der Waals surface area contributed by atoms with E-state index in [1.54, 1.807) is 11.3 Å². The van der Waals surface area contributed by atoms with Crippen LogP contribution in [0.3, 0.4) is 0 Å². The third-order valence-corrected chi connectivity index (χ3v) is 3.79. The fourth-order valence-electron chi connectivity index (χ4n) is 1.68. The standard InChI is InChI=1S/C14H17ClN2S/c1-2-3-4-11-5-7-12(8-6-11)16-14-17-13(9-15)10-18-14/h5-8,10H,2-4,9H2,1H3,(H,16,17). The lowest BCUT2D eigenvalue weighted by Crippen LogP contribution is -1.91. The van der Waals surface area contributed by atoms with E-state index in [1.807, 2.05) is 5.38 Å². The molecule has 0 fully saturated rings. The van der Waals surface area contributed by atoms with Crippen molar-refractivity contribution < 1.29 is 0 Å². The van der Waals surface area contributed by atoms with Crippen molar-refractivity contribution in [3.63, 3.8) is 0 Å². The molecule has 2 nitrogen and oxygen atoms in total. The summed E-state index contributed by atoms with van der Waals surface area (Å²) in [4.78, 5) is 4.37. The summed E-state index contributed by atoms with van der Waals surface area (Å²) in [5.41, 5.74) is 3.39. The highest BCUT2D eigenvalue weighted by Gasteiger charge is 2.01. The first-order chi connectivity index (χ1) is 8.81. The van der Waals surface area contributed by atoms with Gasteiger partial charge in [-0.3, -0.25) is 0 Å². The number of aromatic nitrogens is 1. The van der Waals surface area contributed by atoms with Gasteiger partial charge < -0.3 is 5.32 Å². The minimum atomic E-state index is 0.466. The number of alkyl halides is 1. The molecule has 0 aliphatic carbocycles. The van der Waals surface area contributed by atoms with Gasteiger partial charge in [-0.05, 0) is 30.5 Å².